The van der Waals surface area contributed by atoms with Crippen LogP contribution in [0.5, 0.6) is 11.5 Å². The third-order valence-electron chi connectivity index (χ3n) is 6.64. The number of hydrogen-bond acceptors (Lipinski definition) is 7. The van der Waals surface area contributed by atoms with Crippen LogP contribution < -0.4 is 25.4 Å². The van der Waals surface area contributed by atoms with E-state index in [1.54, 1.807) is 55.6 Å². The third kappa shape index (κ3) is 9.68. The van der Waals surface area contributed by atoms with E-state index in [9.17, 15) is 23.5 Å². The van der Waals surface area contributed by atoms with Gasteiger partial charge >= 0.3 is 12.6 Å². The van der Waals surface area contributed by atoms with Crippen LogP contribution in [0.15, 0.2) is 60.7 Å². The molecule has 1 amide bonds. The highest BCUT2D eigenvalue weighted by Crippen LogP contribution is 2.34. The number of halogens is 2. The van der Waals surface area contributed by atoms with Crippen molar-refractivity contribution >= 4 is 23.3 Å². The van der Waals surface area contributed by atoms with E-state index in [1.807, 2.05) is 19.9 Å². The standard InChI is InChI=1S/C32H36F2N4O5/c1-4-5-14-42-28-12-8-22(30(31(40)41)38-24-9-6-21(18-35)7-10-24)17-26(28)20(2)15-29(39)37-25-11-13-27(43-32(33)34)23(16-25)19-36-3/h6-13,16-17,20,30,32,36,38H,4-5,14-15,19H2,1-3H3,(H,37,39)(H,40,41)/t20-,30?/m1/s1. The maximum Gasteiger partial charge on any atom is 0.387 e. The lowest BCUT2D eigenvalue weighted by atomic mass is 9.92. The fraction of sp³-hybridized carbons (Fsp3) is 0.344. The summed E-state index contributed by atoms with van der Waals surface area (Å²) >= 11 is 0. The van der Waals surface area contributed by atoms with Crippen LogP contribution >= 0.6 is 0 Å². The number of alkyl halides is 2. The lowest BCUT2D eigenvalue weighted by Gasteiger charge is -2.22. The fourth-order valence-electron chi connectivity index (χ4n) is 4.48. The maximum absolute atomic E-state index is 13.1. The average molecular weight is 595 g/mol. The summed E-state index contributed by atoms with van der Waals surface area (Å²) in [6.07, 6.45) is 1.80. The summed E-state index contributed by atoms with van der Waals surface area (Å²) in [5, 5.41) is 27.8. The molecule has 0 aromatic heterocycles. The smallest absolute Gasteiger partial charge is 0.387 e. The van der Waals surface area contributed by atoms with E-state index < -0.39 is 18.6 Å². The molecule has 4 N–H and O–H groups in total. The first-order valence-electron chi connectivity index (χ1n) is 13.9. The van der Waals surface area contributed by atoms with Gasteiger partial charge in [-0.2, -0.15) is 14.0 Å². The Bertz CT molecular complexity index is 1430. The minimum atomic E-state index is -2.97. The number of carboxylic acids is 1. The summed E-state index contributed by atoms with van der Waals surface area (Å²) in [5.74, 6) is -1.20. The van der Waals surface area contributed by atoms with Crippen LogP contribution in [0, 0.1) is 11.3 Å². The molecule has 3 aromatic rings. The van der Waals surface area contributed by atoms with Crippen molar-refractivity contribution in [1.82, 2.24) is 5.32 Å². The molecule has 11 heteroatoms. The van der Waals surface area contributed by atoms with Gasteiger partial charge in [-0.15, -0.1) is 0 Å². The van der Waals surface area contributed by atoms with E-state index in [-0.39, 0.29) is 30.5 Å². The average Bonchev–Trinajstić information content (AvgIpc) is 2.97. The van der Waals surface area contributed by atoms with Gasteiger partial charge in [0.25, 0.3) is 0 Å². The van der Waals surface area contributed by atoms with E-state index in [0.717, 1.165) is 12.8 Å². The second-order valence-electron chi connectivity index (χ2n) is 9.99. The van der Waals surface area contributed by atoms with Crippen molar-refractivity contribution in [2.45, 2.75) is 58.2 Å². The fourth-order valence-corrected chi connectivity index (χ4v) is 4.48. The van der Waals surface area contributed by atoms with Crippen molar-refractivity contribution in [3.05, 3.63) is 82.9 Å². The number of carboxylic acid groups (broad SMARTS) is 1. The van der Waals surface area contributed by atoms with Crippen LogP contribution in [-0.4, -0.2) is 37.2 Å². The first-order chi connectivity index (χ1) is 20.6. The molecule has 9 nitrogen and oxygen atoms in total. The molecule has 0 spiro atoms. The summed E-state index contributed by atoms with van der Waals surface area (Å²) < 4.78 is 36.1. The number of hydrogen-bond donors (Lipinski definition) is 4. The normalized spacial score (nSPS) is 12.2. The summed E-state index contributed by atoms with van der Waals surface area (Å²) in [6.45, 7) is 1.65. The molecule has 2 atom stereocenters. The number of nitrogens with one attached hydrogen (secondary N) is 3. The van der Waals surface area contributed by atoms with Gasteiger partial charge in [0.05, 0.1) is 18.2 Å². The second-order valence-corrected chi connectivity index (χ2v) is 9.99. The molecule has 1 unspecified atom stereocenters. The lowest BCUT2D eigenvalue weighted by molar-refractivity contribution is -0.138. The molecule has 3 aromatic carbocycles. The van der Waals surface area contributed by atoms with Gasteiger partial charge in [-0.05, 0) is 85.1 Å². The molecule has 0 bridgehead atoms. The molecule has 0 saturated heterocycles. The Kier molecular flexibility index (Phi) is 12.3. The molecule has 0 saturated carbocycles. The number of amides is 1. The number of anilines is 2. The highest BCUT2D eigenvalue weighted by atomic mass is 19.3. The maximum atomic E-state index is 13.1. The van der Waals surface area contributed by atoms with Crippen LogP contribution in [0.2, 0.25) is 0 Å². The Labute approximate surface area is 249 Å². The summed E-state index contributed by atoms with van der Waals surface area (Å²) in [4.78, 5) is 25.3. The summed E-state index contributed by atoms with van der Waals surface area (Å²) in [5.41, 5.74) is 3.01. The first-order valence-corrected chi connectivity index (χ1v) is 13.9. The van der Waals surface area contributed by atoms with Crippen LogP contribution in [0.1, 0.15) is 67.3 Å². The zero-order chi connectivity index (χ0) is 31.4. The van der Waals surface area contributed by atoms with Gasteiger partial charge in [0, 0.05) is 29.9 Å². The molecule has 0 fully saturated rings. The van der Waals surface area contributed by atoms with Gasteiger partial charge in [0.2, 0.25) is 5.91 Å². The molecule has 0 aliphatic carbocycles. The van der Waals surface area contributed by atoms with Gasteiger partial charge in [-0.1, -0.05) is 26.3 Å². The monoisotopic (exact) mass is 594 g/mol. The van der Waals surface area contributed by atoms with Crippen LogP contribution in [0.4, 0.5) is 20.2 Å². The number of ether oxygens (including phenoxy) is 2. The van der Waals surface area contributed by atoms with E-state index in [2.05, 4.69) is 20.7 Å². The van der Waals surface area contributed by atoms with Crippen molar-refractivity contribution in [3.63, 3.8) is 0 Å². The Morgan fingerprint density at radius 2 is 1.72 bits per heavy atom. The minimum absolute atomic E-state index is 0.0176. The van der Waals surface area contributed by atoms with Crippen molar-refractivity contribution in [3.8, 4) is 17.6 Å². The van der Waals surface area contributed by atoms with Gasteiger partial charge in [0.1, 0.15) is 11.5 Å². The molecule has 3 rings (SSSR count). The summed E-state index contributed by atoms with van der Waals surface area (Å²) in [7, 11) is 1.67. The van der Waals surface area contributed by atoms with Gasteiger partial charge < -0.3 is 30.5 Å². The Morgan fingerprint density at radius 1 is 1.02 bits per heavy atom. The lowest BCUT2D eigenvalue weighted by Crippen LogP contribution is -2.21. The molecule has 0 aliphatic rings. The van der Waals surface area contributed by atoms with Crippen molar-refractivity contribution in [1.29, 1.82) is 5.26 Å². The number of carbonyl (C=O) groups excluding carboxylic acids is 1. The molecule has 0 aliphatic heterocycles. The highest BCUT2D eigenvalue weighted by Gasteiger charge is 2.24. The van der Waals surface area contributed by atoms with Gasteiger partial charge in [0.15, 0.2) is 6.04 Å². The predicted molar refractivity (Wildman–Crippen MR) is 160 cm³/mol. The van der Waals surface area contributed by atoms with E-state index in [0.29, 0.717) is 46.0 Å². The van der Waals surface area contributed by atoms with Crippen LogP contribution in [-0.2, 0) is 16.1 Å². The Morgan fingerprint density at radius 3 is 2.35 bits per heavy atom. The van der Waals surface area contributed by atoms with Crippen molar-refractivity contribution in [2.75, 3.05) is 24.3 Å². The SMILES string of the molecule is CCCCOc1ccc(C(Nc2ccc(C#N)cc2)C(=O)O)cc1[C@H](C)CC(=O)Nc1ccc(OC(F)F)c(CNC)c1. The number of carbonyl (C=O) groups is 2. The highest BCUT2D eigenvalue weighted by molar-refractivity contribution is 5.91. The van der Waals surface area contributed by atoms with Crippen LogP contribution in [0.25, 0.3) is 0 Å². The van der Waals surface area contributed by atoms with Gasteiger partial charge in [-0.3, -0.25) is 4.79 Å². The van der Waals surface area contributed by atoms with Crippen molar-refractivity contribution in [2.24, 2.45) is 0 Å². The number of rotatable bonds is 16. The molecular formula is C32H36F2N4O5. The Hall–Kier alpha value is -4.69. The number of nitrogens with zero attached hydrogens (tertiary/aromatic N) is 1. The number of aliphatic carboxylic acids is 1. The van der Waals surface area contributed by atoms with Crippen molar-refractivity contribution < 1.29 is 33.0 Å². The molecule has 0 heterocycles. The molecule has 43 heavy (non-hydrogen) atoms. The second kappa shape index (κ2) is 16.1. The zero-order valence-corrected chi connectivity index (χ0v) is 24.3. The summed E-state index contributed by atoms with van der Waals surface area (Å²) in [6, 6.07) is 17.0. The molecule has 228 valence electrons. The predicted octanol–water partition coefficient (Wildman–Crippen LogP) is 6.43. The number of nitriles is 1. The quantitative estimate of drug-likeness (QED) is 0.140. The van der Waals surface area contributed by atoms with Gasteiger partial charge in [-0.25, -0.2) is 4.79 Å². The van der Waals surface area contributed by atoms with Crippen LogP contribution in [0.3, 0.4) is 0 Å². The number of benzene rings is 3. The first kappa shape index (κ1) is 32.8. The topological polar surface area (TPSA) is 133 Å². The molecule has 0 radical (unpaired) electrons. The van der Waals surface area contributed by atoms with E-state index in [4.69, 9.17) is 10.00 Å². The Balaban J connectivity index is 1.84. The van der Waals surface area contributed by atoms with E-state index in [1.165, 1.54) is 12.1 Å². The largest absolute Gasteiger partial charge is 0.493 e. The zero-order valence-electron chi connectivity index (χ0n) is 24.3. The number of unbranched alkanes of at least 4 members (excludes halogenated alkanes) is 1. The molecular weight excluding hydrogens is 558 g/mol. The third-order valence-corrected chi connectivity index (χ3v) is 6.64. The van der Waals surface area contributed by atoms with E-state index >= 15 is 0 Å². The minimum Gasteiger partial charge on any atom is -0.493 e.